The third kappa shape index (κ3) is 3.01. The number of para-hydroxylation sites is 2. The smallest absolute Gasteiger partial charge is 0.272 e. The van der Waals surface area contributed by atoms with E-state index in [9.17, 15) is 9.59 Å². The molecule has 9 heteroatoms. The number of nitrogens with two attached hydrogens (primary N) is 1. The molecule has 0 radical (unpaired) electrons. The van der Waals surface area contributed by atoms with Gasteiger partial charge in [0.15, 0.2) is 0 Å². The van der Waals surface area contributed by atoms with Crippen LogP contribution < -0.4 is 21.1 Å². The van der Waals surface area contributed by atoms with E-state index in [-0.39, 0.29) is 18.2 Å². The highest BCUT2D eigenvalue weighted by Crippen LogP contribution is 2.28. The van der Waals surface area contributed by atoms with E-state index in [1.54, 1.807) is 31.4 Å². The van der Waals surface area contributed by atoms with Crippen molar-refractivity contribution in [3.8, 4) is 5.75 Å². The van der Waals surface area contributed by atoms with Crippen molar-refractivity contribution >= 4 is 34.2 Å². The van der Waals surface area contributed by atoms with Gasteiger partial charge in [0.2, 0.25) is 5.54 Å². The van der Waals surface area contributed by atoms with Crippen molar-refractivity contribution in [2.75, 3.05) is 19.1 Å². The number of ether oxygens (including phenoxy) is 1. The predicted molar refractivity (Wildman–Crippen MR) is 109 cm³/mol. The molecule has 5 N–H and O–H groups in total. The second-order valence-electron chi connectivity index (χ2n) is 6.69. The summed E-state index contributed by atoms with van der Waals surface area (Å²) in [5.74, 6) is -0.407. The second kappa shape index (κ2) is 7.02. The zero-order valence-corrected chi connectivity index (χ0v) is 15.9. The summed E-state index contributed by atoms with van der Waals surface area (Å²) in [6.45, 7) is 1.90. The molecule has 3 aromatic rings. The maximum atomic E-state index is 13.1. The van der Waals surface area contributed by atoms with Gasteiger partial charge in [-0.3, -0.25) is 19.9 Å². The Labute approximate surface area is 166 Å². The minimum absolute atomic E-state index is 0.0423. The maximum absolute atomic E-state index is 13.1. The minimum atomic E-state index is -1.65. The van der Waals surface area contributed by atoms with Crippen LogP contribution in [0.1, 0.15) is 11.4 Å². The number of nitrogens with zero attached hydrogens (tertiary/aromatic N) is 2. The highest BCUT2D eigenvalue weighted by atomic mass is 16.5. The number of anilines is 1. The van der Waals surface area contributed by atoms with Crippen molar-refractivity contribution in [1.29, 1.82) is 0 Å². The number of benzene rings is 2. The summed E-state index contributed by atoms with van der Waals surface area (Å²) in [6.07, 6.45) is 0. The molecule has 0 saturated carbocycles. The number of primary amides is 1. The van der Waals surface area contributed by atoms with Crippen LogP contribution in [-0.2, 0) is 15.1 Å². The molecular weight excluding hydrogens is 372 g/mol. The molecule has 1 aliphatic heterocycles. The van der Waals surface area contributed by atoms with Crippen molar-refractivity contribution in [1.82, 2.24) is 15.3 Å². The van der Waals surface area contributed by atoms with Gasteiger partial charge in [0, 0.05) is 5.69 Å². The Morgan fingerprint density at radius 2 is 2.03 bits per heavy atom. The van der Waals surface area contributed by atoms with E-state index >= 15 is 0 Å². The molecule has 9 nitrogen and oxygen atoms in total. The largest absolute Gasteiger partial charge is 0.497 e. The van der Waals surface area contributed by atoms with Crippen LogP contribution in [0.4, 0.5) is 5.69 Å². The van der Waals surface area contributed by atoms with Crippen LogP contribution in [0.15, 0.2) is 47.5 Å². The van der Waals surface area contributed by atoms with Gasteiger partial charge in [-0.25, -0.2) is 4.98 Å². The van der Waals surface area contributed by atoms with Crippen LogP contribution in [0.5, 0.6) is 5.75 Å². The molecule has 1 aromatic heterocycles. The van der Waals surface area contributed by atoms with E-state index in [2.05, 4.69) is 25.6 Å². The summed E-state index contributed by atoms with van der Waals surface area (Å²) < 4.78 is 5.19. The van der Waals surface area contributed by atoms with E-state index in [0.29, 0.717) is 17.0 Å². The lowest BCUT2D eigenvalue weighted by molar-refractivity contribution is -0.123. The fourth-order valence-electron chi connectivity index (χ4n) is 3.41. The highest BCUT2D eigenvalue weighted by molar-refractivity contribution is 6.50. The number of hydrogen-bond donors (Lipinski definition) is 4. The average molecular weight is 392 g/mol. The lowest BCUT2D eigenvalue weighted by atomic mass is 9.91. The van der Waals surface area contributed by atoms with Gasteiger partial charge < -0.3 is 20.8 Å². The number of H-pyrrole nitrogens is 1. The molecule has 1 atom stereocenters. The molecule has 2 heterocycles. The number of carbonyl (C=O) groups is 2. The van der Waals surface area contributed by atoms with Crippen LogP contribution in [0.25, 0.3) is 11.0 Å². The van der Waals surface area contributed by atoms with Gasteiger partial charge in [-0.1, -0.05) is 12.1 Å². The monoisotopic (exact) mass is 392 g/mol. The number of fused-ring (bicyclic) bond motifs is 1. The van der Waals surface area contributed by atoms with Crippen LogP contribution >= 0.6 is 0 Å². The molecule has 148 valence electrons. The number of aromatic nitrogens is 2. The van der Waals surface area contributed by atoms with Crippen LogP contribution in [-0.4, -0.2) is 41.3 Å². The van der Waals surface area contributed by atoms with Crippen molar-refractivity contribution in [3.05, 3.63) is 53.9 Å². The van der Waals surface area contributed by atoms with Crippen molar-refractivity contribution in [2.45, 2.75) is 12.5 Å². The lowest BCUT2D eigenvalue weighted by Crippen LogP contribution is -2.58. The number of rotatable bonds is 5. The summed E-state index contributed by atoms with van der Waals surface area (Å²) in [7, 11) is 1.57. The lowest BCUT2D eigenvalue weighted by Gasteiger charge is -2.25. The Morgan fingerprint density at radius 3 is 2.72 bits per heavy atom. The molecule has 0 spiro atoms. The minimum Gasteiger partial charge on any atom is -0.497 e. The quantitative estimate of drug-likeness (QED) is 0.518. The second-order valence-corrected chi connectivity index (χ2v) is 6.69. The number of hydrogen-bond acceptors (Lipinski definition) is 6. The fourth-order valence-corrected chi connectivity index (χ4v) is 3.41. The van der Waals surface area contributed by atoms with Gasteiger partial charge in [0.1, 0.15) is 17.3 Å². The maximum Gasteiger partial charge on any atom is 0.272 e. The number of aliphatic imine (C=N–C) groups is 1. The zero-order chi connectivity index (χ0) is 20.6. The third-order valence-electron chi connectivity index (χ3n) is 4.95. The Hall–Kier alpha value is -3.72. The van der Waals surface area contributed by atoms with Gasteiger partial charge in [-0.05, 0) is 42.8 Å². The average Bonchev–Trinajstić information content (AvgIpc) is 3.34. The standard InChI is InChI=1S/C20H20N6O3/c1-11-9-12(29-2)7-8-13(11)24-17(27)16-20(18(21)28,23-10-22-16)19-25-14-5-3-4-6-15(14)26-19/h3-9,23H,10H2,1-2H3,(H2,21,28)(H,24,27)(H,25,26). The molecule has 1 aliphatic rings. The van der Waals surface area contributed by atoms with Gasteiger partial charge in [-0.2, -0.15) is 0 Å². The summed E-state index contributed by atoms with van der Waals surface area (Å²) in [6, 6.07) is 12.6. The first-order valence-corrected chi connectivity index (χ1v) is 8.97. The van der Waals surface area contributed by atoms with E-state index in [1.807, 2.05) is 25.1 Å². The zero-order valence-electron chi connectivity index (χ0n) is 15.9. The first kappa shape index (κ1) is 18.6. The number of nitrogens with one attached hydrogen (secondary N) is 3. The molecular formula is C20H20N6O3. The first-order valence-electron chi connectivity index (χ1n) is 8.97. The van der Waals surface area contributed by atoms with E-state index in [4.69, 9.17) is 10.5 Å². The molecule has 0 fully saturated rings. The Morgan fingerprint density at radius 1 is 1.24 bits per heavy atom. The molecule has 4 rings (SSSR count). The SMILES string of the molecule is COc1ccc(NC(=O)C2=NCNC2(C(N)=O)c2nc3ccccc3[nH]2)c(C)c1. The van der Waals surface area contributed by atoms with Gasteiger partial charge in [0.25, 0.3) is 11.8 Å². The molecule has 1 unspecified atom stereocenters. The third-order valence-corrected chi connectivity index (χ3v) is 4.95. The van der Waals surface area contributed by atoms with Crippen LogP contribution in [0.3, 0.4) is 0 Å². The summed E-state index contributed by atoms with van der Waals surface area (Å²) >= 11 is 0. The molecule has 2 amide bonds. The highest BCUT2D eigenvalue weighted by Gasteiger charge is 2.52. The van der Waals surface area contributed by atoms with Crippen LogP contribution in [0, 0.1) is 6.92 Å². The Kier molecular flexibility index (Phi) is 4.51. The summed E-state index contributed by atoms with van der Waals surface area (Å²) in [5, 5.41) is 5.75. The van der Waals surface area contributed by atoms with Crippen LogP contribution in [0.2, 0.25) is 0 Å². The number of imidazole rings is 1. The number of aromatic amines is 1. The number of carbonyl (C=O) groups excluding carboxylic acids is 2. The summed E-state index contributed by atoms with van der Waals surface area (Å²) in [5.41, 5.74) is 6.81. The molecule has 0 aliphatic carbocycles. The van der Waals surface area contributed by atoms with E-state index in [0.717, 1.165) is 11.1 Å². The van der Waals surface area contributed by atoms with Crippen molar-refractivity contribution in [2.24, 2.45) is 10.7 Å². The topological polar surface area (TPSA) is 134 Å². The number of amides is 2. The molecule has 29 heavy (non-hydrogen) atoms. The Bertz CT molecular complexity index is 1120. The van der Waals surface area contributed by atoms with Gasteiger partial charge >= 0.3 is 0 Å². The Balaban J connectivity index is 1.71. The summed E-state index contributed by atoms with van der Waals surface area (Å²) in [4.78, 5) is 37.4. The normalized spacial score (nSPS) is 18.5. The first-order chi connectivity index (χ1) is 14.0. The number of methoxy groups -OCH3 is 1. The molecule has 0 saturated heterocycles. The van der Waals surface area contributed by atoms with E-state index < -0.39 is 17.4 Å². The van der Waals surface area contributed by atoms with Crippen molar-refractivity contribution < 1.29 is 14.3 Å². The van der Waals surface area contributed by atoms with Crippen molar-refractivity contribution in [3.63, 3.8) is 0 Å². The fraction of sp³-hybridized carbons (Fsp3) is 0.200. The number of aryl methyl sites for hydroxylation is 1. The molecule has 2 aromatic carbocycles. The van der Waals surface area contributed by atoms with Gasteiger partial charge in [0.05, 0.1) is 24.8 Å². The van der Waals surface area contributed by atoms with E-state index in [1.165, 1.54) is 0 Å². The predicted octanol–water partition coefficient (Wildman–Crippen LogP) is 1.20. The molecule has 0 bridgehead atoms. The van der Waals surface area contributed by atoms with Gasteiger partial charge in [-0.15, -0.1) is 0 Å².